The zero-order chi connectivity index (χ0) is 15.3. The van der Waals surface area contributed by atoms with Crippen LogP contribution in [0, 0.1) is 11.3 Å². The molecule has 0 radical (unpaired) electrons. The molecule has 1 saturated heterocycles. The van der Waals surface area contributed by atoms with Gasteiger partial charge in [-0.2, -0.15) is 5.26 Å². The highest BCUT2D eigenvalue weighted by Crippen LogP contribution is 2.20. The molecule has 4 heteroatoms. The summed E-state index contributed by atoms with van der Waals surface area (Å²) in [6.07, 6.45) is 1.25. The lowest BCUT2D eigenvalue weighted by Crippen LogP contribution is -2.52. The van der Waals surface area contributed by atoms with E-state index in [0.717, 1.165) is 31.8 Å². The van der Waals surface area contributed by atoms with Crippen LogP contribution in [-0.4, -0.2) is 42.8 Å². The third-order valence-electron chi connectivity index (χ3n) is 3.49. The Morgan fingerprint density at radius 1 is 1.48 bits per heavy atom. The van der Waals surface area contributed by atoms with Gasteiger partial charge in [-0.25, -0.2) is 0 Å². The van der Waals surface area contributed by atoms with E-state index in [0.29, 0.717) is 12.2 Å². The van der Waals surface area contributed by atoms with E-state index in [1.165, 1.54) is 0 Å². The standard InChI is InChI=1S/C17H24N2O2/c1-14-12-19(13-17(2,3)21-14)8-5-9-20-16-7-4-6-15(10-16)11-18/h4,6-7,10,14H,5,8-9,12-13H2,1-3H3. The van der Waals surface area contributed by atoms with Crippen molar-refractivity contribution < 1.29 is 9.47 Å². The molecule has 1 aliphatic rings. The highest BCUT2D eigenvalue weighted by molar-refractivity contribution is 5.36. The molecular formula is C17H24N2O2. The largest absolute Gasteiger partial charge is 0.494 e. The molecule has 1 unspecified atom stereocenters. The summed E-state index contributed by atoms with van der Waals surface area (Å²) in [6, 6.07) is 9.42. The fourth-order valence-electron chi connectivity index (χ4n) is 2.89. The first-order valence-electron chi connectivity index (χ1n) is 7.52. The summed E-state index contributed by atoms with van der Waals surface area (Å²) >= 11 is 0. The first-order chi connectivity index (χ1) is 9.98. The Balaban J connectivity index is 1.73. The van der Waals surface area contributed by atoms with Crippen LogP contribution in [0.2, 0.25) is 0 Å². The van der Waals surface area contributed by atoms with Crippen molar-refractivity contribution in [1.29, 1.82) is 5.26 Å². The van der Waals surface area contributed by atoms with Gasteiger partial charge in [0.15, 0.2) is 0 Å². The van der Waals surface area contributed by atoms with E-state index in [9.17, 15) is 0 Å². The second-order valence-corrected chi connectivity index (χ2v) is 6.26. The topological polar surface area (TPSA) is 45.5 Å². The van der Waals surface area contributed by atoms with Gasteiger partial charge in [-0.15, -0.1) is 0 Å². The van der Waals surface area contributed by atoms with Crippen LogP contribution < -0.4 is 4.74 Å². The number of nitrogens with zero attached hydrogens (tertiary/aromatic N) is 2. The molecule has 0 aliphatic carbocycles. The van der Waals surface area contributed by atoms with Crippen molar-refractivity contribution in [2.75, 3.05) is 26.2 Å². The first-order valence-corrected chi connectivity index (χ1v) is 7.52. The third-order valence-corrected chi connectivity index (χ3v) is 3.49. The van der Waals surface area contributed by atoms with E-state index in [1.807, 2.05) is 12.1 Å². The van der Waals surface area contributed by atoms with Crippen LogP contribution >= 0.6 is 0 Å². The van der Waals surface area contributed by atoms with E-state index in [-0.39, 0.29) is 11.7 Å². The van der Waals surface area contributed by atoms with E-state index in [2.05, 4.69) is 31.7 Å². The third kappa shape index (κ3) is 5.04. The first kappa shape index (κ1) is 15.8. The van der Waals surface area contributed by atoms with Crippen LogP contribution in [0.5, 0.6) is 5.75 Å². The van der Waals surface area contributed by atoms with Gasteiger partial charge in [-0.05, 0) is 45.4 Å². The molecule has 0 N–H and O–H groups in total. The minimum absolute atomic E-state index is 0.0698. The van der Waals surface area contributed by atoms with Crippen molar-refractivity contribution in [1.82, 2.24) is 4.90 Å². The van der Waals surface area contributed by atoms with Gasteiger partial charge >= 0.3 is 0 Å². The van der Waals surface area contributed by atoms with Crippen LogP contribution in [0.4, 0.5) is 0 Å². The van der Waals surface area contributed by atoms with E-state index < -0.39 is 0 Å². The molecule has 0 saturated carbocycles. The van der Waals surface area contributed by atoms with Crippen molar-refractivity contribution in [2.24, 2.45) is 0 Å². The predicted molar refractivity (Wildman–Crippen MR) is 82.3 cm³/mol. The number of hydrogen-bond donors (Lipinski definition) is 0. The lowest BCUT2D eigenvalue weighted by molar-refractivity contribution is -0.129. The zero-order valence-electron chi connectivity index (χ0n) is 13.1. The smallest absolute Gasteiger partial charge is 0.120 e. The summed E-state index contributed by atoms with van der Waals surface area (Å²) in [4.78, 5) is 2.43. The average Bonchev–Trinajstić information content (AvgIpc) is 2.42. The van der Waals surface area contributed by atoms with Crippen LogP contribution in [-0.2, 0) is 4.74 Å². The summed E-state index contributed by atoms with van der Waals surface area (Å²) in [5, 5.41) is 8.85. The minimum atomic E-state index is -0.0698. The molecule has 1 aromatic carbocycles. The highest BCUT2D eigenvalue weighted by Gasteiger charge is 2.30. The van der Waals surface area contributed by atoms with Crippen molar-refractivity contribution in [3.05, 3.63) is 29.8 Å². The van der Waals surface area contributed by atoms with Crippen molar-refractivity contribution in [3.8, 4) is 11.8 Å². The van der Waals surface area contributed by atoms with E-state index in [4.69, 9.17) is 14.7 Å². The minimum Gasteiger partial charge on any atom is -0.494 e. The number of hydrogen-bond acceptors (Lipinski definition) is 4. The normalized spacial score (nSPS) is 21.7. The molecule has 114 valence electrons. The Morgan fingerprint density at radius 3 is 3.00 bits per heavy atom. The molecule has 1 heterocycles. The number of nitriles is 1. The molecule has 1 atom stereocenters. The van der Waals surface area contributed by atoms with E-state index in [1.54, 1.807) is 12.1 Å². The van der Waals surface area contributed by atoms with Gasteiger partial charge < -0.3 is 9.47 Å². The highest BCUT2D eigenvalue weighted by atomic mass is 16.5. The molecule has 2 rings (SSSR count). The van der Waals surface area contributed by atoms with Gasteiger partial charge in [-0.3, -0.25) is 4.90 Å². The van der Waals surface area contributed by atoms with Crippen molar-refractivity contribution in [3.63, 3.8) is 0 Å². The van der Waals surface area contributed by atoms with Crippen molar-refractivity contribution in [2.45, 2.75) is 38.9 Å². The summed E-state index contributed by atoms with van der Waals surface area (Å²) in [6.45, 7) is 10.0. The quantitative estimate of drug-likeness (QED) is 0.782. The number of morpholine rings is 1. The Hall–Kier alpha value is -1.57. The molecular weight excluding hydrogens is 264 g/mol. The Morgan fingerprint density at radius 2 is 2.29 bits per heavy atom. The van der Waals surface area contributed by atoms with Gasteiger partial charge in [0.1, 0.15) is 5.75 Å². The van der Waals surface area contributed by atoms with Gasteiger partial charge in [0.05, 0.1) is 29.9 Å². The van der Waals surface area contributed by atoms with Gasteiger partial charge in [0, 0.05) is 19.6 Å². The lowest BCUT2D eigenvalue weighted by atomic mass is 10.1. The zero-order valence-corrected chi connectivity index (χ0v) is 13.1. The summed E-state index contributed by atoms with van der Waals surface area (Å²) in [7, 11) is 0. The molecule has 1 fully saturated rings. The molecule has 0 amide bonds. The maximum atomic E-state index is 8.85. The second-order valence-electron chi connectivity index (χ2n) is 6.26. The SMILES string of the molecule is CC1CN(CCCOc2cccc(C#N)c2)CC(C)(C)O1. The van der Waals surface area contributed by atoms with Crippen molar-refractivity contribution >= 4 is 0 Å². The number of rotatable bonds is 5. The molecule has 21 heavy (non-hydrogen) atoms. The average molecular weight is 288 g/mol. The monoisotopic (exact) mass is 288 g/mol. The fourth-order valence-corrected chi connectivity index (χ4v) is 2.89. The molecule has 1 aromatic rings. The summed E-state index contributed by atoms with van der Waals surface area (Å²) in [5.41, 5.74) is 0.566. The summed E-state index contributed by atoms with van der Waals surface area (Å²) < 4.78 is 11.6. The number of benzene rings is 1. The molecule has 0 aromatic heterocycles. The molecule has 1 aliphatic heterocycles. The molecule has 0 spiro atoms. The van der Waals surface area contributed by atoms with Gasteiger partial charge in [-0.1, -0.05) is 6.07 Å². The van der Waals surface area contributed by atoms with Gasteiger partial charge in [0.25, 0.3) is 0 Å². The van der Waals surface area contributed by atoms with Crippen LogP contribution in [0.25, 0.3) is 0 Å². The molecule has 4 nitrogen and oxygen atoms in total. The Bertz CT molecular complexity index is 508. The fraction of sp³-hybridized carbons (Fsp3) is 0.588. The number of ether oxygens (including phenoxy) is 2. The van der Waals surface area contributed by atoms with Gasteiger partial charge in [0.2, 0.25) is 0 Å². The Kier molecular flexibility index (Phi) is 5.22. The lowest BCUT2D eigenvalue weighted by Gasteiger charge is -2.41. The van der Waals surface area contributed by atoms with Crippen LogP contribution in [0.3, 0.4) is 0 Å². The predicted octanol–water partition coefficient (Wildman–Crippen LogP) is 2.83. The maximum Gasteiger partial charge on any atom is 0.120 e. The second kappa shape index (κ2) is 6.93. The molecule has 0 bridgehead atoms. The van der Waals surface area contributed by atoms with Crippen LogP contribution in [0.1, 0.15) is 32.8 Å². The van der Waals surface area contributed by atoms with E-state index >= 15 is 0 Å². The summed E-state index contributed by atoms with van der Waals surface area (Å²) in [5.74, 6) is 0.768. The van der Waals surface area contributed by atoms with Crippen LogP contribution in [0.15, 0.2) is 24.3 Å². The maximum absolute atomic E-state index is 8.85. The Labute approximate surface area is 127 Å².